The van der Waals surface area contributed by atoms with Crippen LogP contribution in [-0.2, 0) is 4.79 Å². The van der Waals surface area contributed by atoms with E-state index in [2.05, 4.69) is 4.98 Å². The van der Waals surface area contributed by atoms with Crippen molar-refractivity contribution in [1.29, 1.82) is 0 Å². The number of aromatic hydroxyl groups is 2. The van der Waals surface area contributed by atoms with E-state index in [4.69, 9.17) is 9.15 Å². The van der Waals surface area contributed by atoms with E-state index in [-0.39, 0.29) is 40.2 Å². The molecule has 0 aliphatic carbocycles. The third-order valence-corrected chi connectivity index (χ3v) is 7.95. The number of aromatic amines is 1. The van der Waals surface area contributed by atoms with E-state index in [1.165, 1.54) is 6.07 Å². The van der Waals surface area contributed by atoms with Crippen molar-refractivity contribution >= 4 is 27.8 Å². The highest BCUT2D eigenvalue weighted by molar-refractivity contribution is 5.91. The van der Waals surface area contributed by atoms with Crippen LogP contribution in [0.5, 0.6) is 17.2 Å². The lowest BCUT2D eigenvalue weighted by Gasteiger charge is -2.29. The van der Waals surface area contributed by atoms with E-state index >= 15 is 0 Å². The van der Waals surface area contributed by atoms with Crippen molar-refractivity contribution in [1.82, 2.24) is 9.88 Å². The molecule has 1 unspecified atom stereocenters. The van der Waals surface area contributed by atoms with Crippen LogP contribution in [-0.4, -0.2) is 46.2 Å². The maximum Gasteiger partial charge on any atom is 0.252 e. The van der Waals surface area contributed by atoms with Crippen molar-refractivity contribution in [2.45, 2.75) is 31.6 Å². The molecular weight excluding hydrogens is 536 g/mol. The molecule has 3 aromatic carbocycles. The standard InChI is InChI=1S/C33H30N2O7/c1-41-21-10-11-24-20(14-21)15-23(33(40)34-24)22(16-29(39)35-12-6-3-7-13-35)30-25(36)17-26(37)31-27(38)18-28(42-32(30)31)19-8-4-2-5-9-19/h2,4-5,8-11,14-15,17-18,22,36-37H,3,6-7,12-13,16H2,1H3,(H,34,40). The van der Waals surface area contributed by atoms with Gasteiger partial charge in [0.25, 0.3) is 5.56 Å². The third kappa shape index (κ3) is 4.98. The first-order valence-electron chi connectivity index (χ1n) is 13.9. The summed E-state index contributed by atoms with van der Waals surface area (Å²) in [5, 5.41) is 22.6. The van der Waals surface area contributed by atoms with E-state index < -0.39 is 28.4 Å². The maximum absolute atomic E-state index is 13.7. The fourth-order valence-electron chi connectivity index (χ4n) is 5.80. The average molecular weight is 567 g/mol. The molecular formula is C33H30N2O7. The maximum atomic E-state index is 13.7. The van der Waals surface area contributed by atoms with Gasteiger partial charge in [-0.1, -0.05) is 30.3 Å². The Kier molecular flexibility index (Phi) is 7.16. The van der Waals surface area contributed by atoms with Gasteiger partial charge < -0.3 is 29.3 Å². The van der Waals surface area contributed by atoms with Gasteiger partial charge in [0.2, 0.25) is 5.91 Å². The Morgan fingerprint density at radius 3 is 2.48 bits per heavy atom. The fraction of sp³-hybridized carbons (Fsp3) is 0.242. The van der Waals surface area contributed by atoms with Crippen LogP contribution in [0.3, 0.4) is 0 Å². The van der Waals surface area contributed by atoms with Gasteiger partial charge in [0.1, 0.15) is 34.0 Å². The highest BCUT2D eigenvalue weighted by Gasteiger charge is 2.31. The average Bonchev–Trinajstić information content (AvgIpc) is 3.00. The van der Waals surface area contributed by atoms with Crippen LogP contribution in [0.2, 0.25) is 0 Å². The minimum atomic E-state index is -1.00. The predicted octanol–water partition coefficient (Wildman–Crippen LogP) is 5.26. The molecule has 1 aliphatic heterocycles. The normalized spacial score (nSPS) is 14.3. The first-order chi connectivity index (χ1) is 20.3. The lowest BCUT2D eigenvalue weighted by Crippen LogP contribution is -2.37. The highest BCUT2D eigenvalue weighted by Crippen LogP contribution is 2.43. The van der Waals surface area contributed by atoms with Crippen molar-refractivity contribution in [3.63, 3.8) is 0 Å². The smallest absolute Gasteiger partial charge is 0.252 e. The number of hydrogen-bond acceptors (Lipinski definition) is 7. The van der Waals surface area contributed by atoms with Crippen LogP contribution in [0.15, 0.2) is 80.7 Å². The van der Waals surface area contributed by atoms with Crippen LogP contribution in [0.4, 0.5) is 0 Å². The van der Waals surface area contributed by atoms with Crippen LogP contribution < -0.4 is 15.7 Å². The molecule has 9 heteroatoms. The predicted molar refractivity (Wildman–Crippen MR) is 159 cm³/mol. The van der Waals surface area contributed by atoms with Gasteiger partial charge in [-0.15, -0.1) is 0 Å². The van der Waals surface area contributed by atoms with Gasteiger partial charge in [-0.3, -0.25) is 14.4 Å². The number of hydrogen-bond donors (Lipinski definition) is 3. The van der Waals surface area contributed by atoms with Gasteiger partial charge in [0.15, 0.2) is 5.43 Å². The number of amides is 1. The summed E-state index contributed by atoms with van der Waals surface area (Å²) in [7, 11) is 1.54. The number of ether oxygens (including phenoxy) is 1. The molecule has 5 aromatic rings. The number of aromatic nitrogens is 1. The Bertz CT molecular complexity index is 1920. The lowest BCUT2D eigenvalue weighted by molar-refractivity contribution is -0.132. The number of carbonyl (C=O) groups is 1. The summed E-state index contributed by atoms with van der Waals surface area (Å²) in [6.07, 6.45) is 2.65. The summed E-state index contributed by atoms with van der Waals surface area (Å²) < 4.78 is 11.6. The minimum Gasteiger partial charge on any atom is -0.507 e. The first kappa shape index (κ1) is 27.1. The summed E-state index contributed by atoms with van der Waals surface area (Å²) in [6.45, 7) is 1.21. The van der Waals surface area contributed by atoms with Crippen molar-refractivity contribution < 1.29 is 24.2 Å². The van der Waals surface area contributed by atoms with Gasteiger partial charge in [0, 0.05) is 65.2 Å². The summed E-state index contributed by atoms with van der Waals surface area (Å²) in [6, 6.07) is 18.2. The molecule has 1 fully saturated rings. The third-order valence-electron chi connectivity index (χ3n) is 7.95. The number of fused-ring (bicyclic) bond motifs is 2. The number of benzene rings is 3. The number of piperidine rings is 1. The van der Waals surface area contributed by atoms with Gasteiger partial charge in [-0.25, -0.2) is 0 Å². The molecule has 1 atom stereocenters. The van der Waals surface area contributed by atoms with E-state index in [0.29, 0.717) is 35.3 Å². The lowest BCUT2D eigenvalue weighted by atomic mass is 9.85. The monoisotopic (exact) mass is 566 g/mol. The number of methoxy groups -OCH3 is 1. The number of phenolic OH excluding ortho intramolecular Hbond substituents is 2. The number of likely N-dealkylation sites (tertiary alicyclic amines) is 1. The second-order valence-electron chi connectivity index (χ2n) is 10.6. The molecule has 1 saturated heterocycles. The van der Waals surface area contributed by atoms with Gasteiger partial charge in [-0.2, -0.15) is 0 Å². The quantitative estimate of drug-likeness (QED) is 0.255. The van der Waals surface area contributed by atoms with Crippen LogP contribution in [0.25, 0.3) is 33.2 Å². The number of rotatable bonds is 6. The van der Waals surface area contributed by atoms with E-state index in [9.17, 15) is 24.6 Å². The zero-order chi connectivity index (χ0) is 29.4. The topological polar surface area (TPSA) is 133 Å². The second kappa shape index (κ2) is 11.1. The Hall–Kier alpha value is -5.05. The summed E-state index contributed by atoms with van der Waals surface area (Å²) >= 11 is 0. The largest absolute Gasteiger partial charge is 0.507 e. The Morgan fingerprint density at radius 1 is 0.976 bits per heavy atom. The number of pyridine rings is 1. The molecule has 0 radical (unpaired) electrons. The van der Waals surface area contributed by atoms with Crippen molar-refractivity contribution in [3.8, 4) is 28.6 Å². The number of phenols is 2. The van der Waals surface area contributed by atoms with Gasteiger partial charge in [0.05, 0.1) is 7.11 Å². The van der Waals surface area contributed by atoms with E-state index in [1.807, 2.05) is 6.07 Å². The van der Waals surface area contributed by atoms with Gasteiger partial charge in [-0.05, 0) is 43.5 Å². The molecule has 2 aromatic heterocycles. The molecule has 1 amide bonds. The molecule has 0 spiro atoms. The molecule has 9 nitrogen and oxygen atoms in total. The minimum absolute atomic E-state index is 0.0794. The van der Waals surface area contributed by atoms with Crippen LogP contribution in [0, 0.1) is 0 Å². The second-order valence-corrected chi connectivity index (χ2v) is 10.6. The number of carbonyl (C=O) groups excluding carboxylic acids is 1. The molecule has 214 valence electrons. The van der Waals surface area contributed by atoms with Crippen molar-refractivity contribution in [2.75, 3.05) is 20.2 Å². The molecule has 42 heavy (non-hydrogen) atoms. The molecule has 0 saturated carbocycles. The van der Waals surface area contributed by atoms with Crippen LogP contribution in [0.1, 0.15) is 42.7 Å². The van der Waals surface area contributed by atoms with E-state index in [0.717, 1.165) is 25.3 Å². The zero-order valence-corrected chi connectivity index (χ0v) is 23.1. The zero-order valence-electron chi connectivity index (χ0n) is 23.1. The number of H-pyrrole nitrogens is 1. The summed E-state index contributed by atoms with van der Waals surface area (Å²) in [5.41, 5.74) is 0.413. The van der Waals surface area contributed by atoms with E-state index in [1.54, 1.807) is 60.5 Å². The SMILES string of the molecule is COc1ccc2[nH]c(=O)c(C(CC(=O)N3CCCCC3)c3c(O)cc(O)c4c(=O)cc(-c5ccccc5)oc34)cc2c1. The van der Waals surface area contributed by atoms with Crippen LogP contribution >= 0.6 is 0 Å². The summed E-state index contributed by atoms with van der Waals surface area (Å²) in [4.78, 5) is 45.2. The number of nitrogens with one attached hydrogen (secondary N) is 1. The van der Waals surface area contributed by atoms with Crippen molar-refractivity contribution in [3.05, 3.63) is 98.4 Å². The fourth-order valence-corrected chi connectivity index (χ4v) is 5.80. The molecule has 3 N–H and O–H groups in total. The first-order valence-corrected chi connectivity index (χ1v) is 13.9. The van der Waals surface area contributed by atoms with Crippen molar-refractivity contribution in [2.24, 2.45) is 0 Å². The molecule has 0 bridgehead atoms. The Labute approximate surface area is 240 Å². The molecule has 3 heterocycles. The molecule has 1 aliphatic rings. The summed E-state index contributed by atoms with van der Waals surface area (Å²) in [5.74, 6) is -1.24. The van der Waals surface area contributed by atoms with Gasteiger partial charge >= 0.3 is 0 Å². The Balaban J connectivity index is 1.62. The number of nitrogens with zero attached hydrogens (tertiary/aromatic N) is 1. The Morgan fingerprint density at radius 2 is 1.74 bits per heavy atom. The highest BCUT2D eigenvalue weighted by atomic mass is 16.5. The molecule has 6 rings (SSSR count).